The molecule has 2 rings (SSSR count). The number of ether oxygens (including phenoxy) is 1. The van der Waals surface area contributed by atoms with Crippen LogP contribution in [0.25, 0.3) is 6.08 Å². The van der Waals surface area contributed by atoms with E-state index in [1.165, 1.54) is 24.3 Å². The zero-order valence-electron chi connectivity index (χ0n) is 17.0. The van der Waals surface area contributed by atoms with Crippen LogP contribution in [0.5, 0.6) is 0 Å². The number of aromatic carboxylic acids is 1. The summed E-state index contributed by atoms with van der Waals surface area (Å²) in [7, 11) is 0. The van der Waals surface area contributed by atoms with Gasteiger partial charge in [0.2, 0.25) is 0 Å². The number of halogens is 1. The average molecular weight is 398 g/mol. The maximum absolute atomic E-state index is 14.0. The predicted octanol–water partition coefficient (Wildman–Crippen LogP) is 6.10. The van der Waals surface area contributed by atoms with Crippen LogP contribution in [0.3, 0.4) is 0 Å². The van der Waals surface area contributed by atoms with E-state index in [4.69, 9.17) is 9.84 Å². The molecule has 0 aromatic heterocycles. The fraction of sp³-hybridized carbons (Fsp3) is 0.292. The number of aliphatic hydroxyl groups is 1. The number of carboxylic acid groups (broad SMARTS) is 1. The van der Waals surface area contributed by atoms with Gasteiger partial charge in [-0.1, -0.05) is 37.8 Å². The fourth-order valence-electron chi connectivity index (χ4n) is 2.99. The molecule has 0 aliphatic carbocycles. The van der Waals surface area contributed by atoms with Crippen LogP contribution in [0.4, 0.5) is 4.39 Å². The summed E-state index contributed by atoms with van der Waals surface area (Å²) in [5, 5.41) is 19.9. The molecule has 4 nitrogen and oxygen atoms in total. The van der Waals surface area contributed by atoms with E-state index in [2.05, 4.69) is 6.58 Å². The Bertz CT molecular complexity index is 917. The van der Waals surface area contributed by atoms with Crippen LogP contribution in [-0.4, -0.2) is 22.3 Å². The Balaban J connectivity index is 2.46. The summed E-state index contributed by atoms with van der Waals surface area (Å²) in [5.41, 5.74) is 2.66. The van der Waals surface area contributed by atoms with Crippen molar-refractivity contribution >= 4 is 12.0 Å². The van der Waals surface area contributed by atoms with Gasteiger partial charge in [0.15, 0.2) is 0 Å². The zero-order valence-corrected chi connectivity index (χ0v) is 17.0. The molecule has 0 aliphatic rings. The van der Waals surface area contributed by atoms with Gasteiger partial charge in [-0.2, -0.15) is 0 Å². The van der Waals surface area contributed by atoms with Gasteiger partial charge in [-0.3, -0.25) is 0 Å². The molecule has 0 radical (unpaired) electrons. The fourth-order valence-corrected chi connectivity index (χ4v) is 2.99. The van der Waals surface area contributed by atoms with Crippen molar-refractivity contribution in [1.29, 1.82) is 0 Å². The monoisotopic (exact) mass is 398 g/mol. The normalized spacial score (nSPS) is 14.1. The van der Waals surface area contributed by atoms with Crippen molar-refractivity contribution in [3.63, 3.8) is 0 Å². The lowest BCUT2D eigenvalue weighted by Crippen LogP contribution is -2.17. The first-order valence-electron chi connectivity index (χ1n) is 9.55. The Kier molecular flexibility index (Phi) is 7.74. The van der Waals surface area contributed by atoms with Crippen molar-refractivity contribution in [2.24, 2.45) is 0 Å². The Morgan fingerprint density at radius 3 is 2.59 bits per heavy atom. The van der Waals surface area contributed by atoms with E-state index >= 15 is 0 Å². The second-order valence-electron chi connectivity index (χ2n) is 7.02. The molecule has 2 unspecified atom stereocenters. The highest BCUT2D eigenvalue weighted by molar-refractivity contribution is 5.87. The maximum Gasteiger partial charge on any atom is 0.335 e. The summed E-state index contributed by atoms with van der Waals surface area (Å²) in [6.45, 7) is 9.43. The third-order valence-electron chi connectivity index (χ3n) is 4.89. The van der Waals surface area contributed by atoms with E-state index in [-0.39, 0.29) is 23.8 Å². The number of allylic oxidation sites excluding steroid dienone is 1. The lowest BCUT2D eigenvalue weighted by atomic mass is 9.94. The molecule has 0 amide bonds. The second-order valence-corrected chi connectivity index (χ2v) is 7.02. The standard InChI is InChI=1S/C24H27FO4/c1-5-15(3)29-23(21-14-20(25)11-10-18(21)6-2)16(4)22(26)13-17-8-7-9-19(12-17)24(27)28/h6-12,14-15,23,26H,2,5,13H2,1,3-4H3,(H,27,28). The molecule has 2 aromatic carbocycles. The highest BCUT2D eigenvalue weighted by atomic mass is 19.1. The molecule has 0 heterocycles. The molecule has 0 fully saturated rings. The van der Waals surface area contributed by atoms with Crippen molar-refractivity contribution in [2.75, 3.05) is 0 Å². The minimum atomic E-state index is -1.03. The topological polar surface area (TPSA) is 66.8 Å². The summed E-state index contributed by atoms with van der Waals surface area (Å²) in [4.78, 5) is 11.2. The van der Waals surface area contributed by atoms with Gasteiger partial charge in [0.1, 0.15) is 11.9 Å². The highest BCUT2D eigenvalue weighted by Crippen LogP contribution is 2.33. The lowest BCUT2D eigenvalue weighted by molar-refractivity contribution is 0.0128. The third kappa shape index (κ3) is 5.78. The first-order valence-corrected chi connectivity index (χ1v) is 9.55. The van der Waals surface area contributed by atoms with Crippen molar-refractivity contribution in [2.45, 2.75) is 45.8 Å². The molecule has 0 aliphatic heterocycles. The molecule has 2 aromatic rings. The minimum Gasteiger partial charge on any atom is -0.512 e. The van der Waals surface area contributed by atoms with Gasteiger partial charge in [0.25, 0.3) is 0 Å². The number of hydrogen-bond donors (Lipinski definition) is 2. The van der Waals surface area contributed by atoms with Gasteiger partial charge in [0, 0.05) is 6.42 Å². The molecular formula is C24H27FO4. The van der Waals surface area contributed by atoms with E-state index in [0.29, 0.717) is 16.7 Å². The Morgan fingerprint density at radius 1 is 1.24 bits per heavy atom. The second kappa shape index (κ2) is 10.0. The summed E-state index contributed by atoms with van der Waals surface area (Å²) in [5.74, 6) is -1.37. The van der Waals surface area contributed by atoms with Crippen molar-refractivity contribution < 1.29 is 24.1 Å². The largest absolute Gasteiger partial charge is 0.512 e. The van der Waals surface area contributed by atoms with Crippen LogP contribution in [-0.2, 0) is 11.2 Å². The molecule has 2 N–H and O–H groups in total. The van der Waals surface area contributed by atoms with Crippen LogP contribution >= 0.6 is 0 Å². The van der Waals surface area contributed by atoms with Crippen LogP contribution in [0.2, 0.25) is 0 Å². The number of hydrogen-bond acceptors (Lipinski definition) is 3. The van der Waals surface area contributed by atoms with E-state index in [1.54, 1.807) is 31.2 Å². The molecule has 0 bridgehead atoms. The highest BCUT2D eigenvalue weighted by Gasteiger charge is 2.23. The average Bonchev–Trinajstić information content (AvgIpc) is 2.71. The molecule has 0 spiro atoms. The van der Waals surface area contributed by atoms with Crippen molar-refractivity contribution in [3.8, 4) is 0 Å². The zero-order chi connectivity index (χ0) is 21.6. The molecule has 5 heteroatoms. The number of carboxylic acids is 1. The van der Waals surface area contributed by atoms with Crippen molar-refractivity contribution in [3.05, 3.63) is 88.4 Å². The van der Waals surface area contributed by atoms with Crippen LogP contribution in [0, 0.1) is 5.82 Å². The van der Waals surface area contributed by atoms with Gasteiger partial charge in [-0.15, -0.1) is 0 Å². The number of rotatable bonds is 9. The SMILES string of the molecule is C=Cc1ccc(F)cc1C(OC(C)CC)C(C)=C(O)Cc1cccc(C(=O)O)c1. The Labute approximate surface area is 171 Å². The van der Waals surface area contributed by atoms with Crippen LogP contribution in [0.1, 0.15) is 60.3 Å². The summed E-state index contributed by atoms with van der Waals surface area (Å²) in [6, 6.07) is 10.8. The molecule has 0 saturated carbocycles. The maximum atomic E-state index is 14.0. The van der Waals surface area contributed by atoms with Crippen molar-refractivity contribution in [1.82, 2.24) is 0 Å². The molecule has 29 heavy (non-hydrogen) atoms. The smallest absolute Gasteiger partial charge is 0.335 e. The number of benzene rings is 2. The molecule has 154 valence electrons. The molecular weight excluding hydrogens is 371 g/mol. The van der Waals surface area contributed by atoms with Gasteiger partial charge in [0.05, 0.1) is 17.4 Å². The van der Waals surface area contributed by atoms with E-state index < -0.39 is 17.9 Å². The first kappa shape index (κ1) is 22.4. The summed E-state index contributed by atoms with van der Waals surface area (Å²) >= 11 is 0. The quantitative estimate of drug-likeness (QED) is 0.501. The van der Waals surface area contributed by atoms with E-state index in [0.717, 1.165) is 12.0 Å². The van der Waals surface area contributed by atoms with E-state index in [9.17, 15) is 14.3 Å². The van der Waals surface area contributed by atoms with Gasteiger partial charge in [-0.05, 0) is 66.8 Å². The minimum absolute atomic E-state index is 0.0557. The van der Waals surface area contributed by atoms with Gasteiger partial charge in [-0.25, -0.2) is 9.18 Å². The van der Waals surface area contributed by atoms with Crippen LogP contribution in [0.15, 0.2) is 60.4 Å². The predicted molar refractivity (Wildman–Crippen MR) is 113 cm³/mol. The summed E-state index contributed by atoms with van der Waals surface area (Å²) in [6.07, 6.45) is 1.76. The third-order valence-corrected chi connectivity index (χ3v) is 4.89. The Morgan fingerprint density at radius 2 is 1.97 bits per heavy atom. The number of aliphatic hydroxyl groups excluding tert-OH is 1. The van der Waals surface area contributed by atoms with E-state index in [1.807, 2.05) is 13.8 Å². The summed E-state index contributed by atoms with van der Waals surface area (Å²) < 4.78 is 20.1. The van der Waals surface area contributed by atoms with Crippen LogP contribution < -0.4 is 0 Å². The molecule has 0 saturated heterocycles. The van der Waals surface area contributed by atoms with Gasteiger partial charge < -0.3 is 14.9 Å². The molecule has 2 atom stereocenters. The lowest BCUT2D eigenvalue weighted by Gasteiger charge is -2.25. The Hall–Kier alpha value is -2.92. The number of carbonyl (C=O) groups is 1. The first-order chi connectivity index (χ1) is 13.8. The van der Waals surface area contributed by atoms with Gasteiger partial charge >= 0.3 is 5.97 Å².